The maximum absolute atomic E-state index is 11.8. The number of aromatic nitrogens is 2. The second kappa shape index (κ2) is 5.20. The Hall–Kier alpha value is -1.98. The third-order valence-electron chi connectivity index (χ3n) is 2.26. The first-order chi connectivity index (χ1) is 7.52. The highest BCUT2D eigenvalue weighted by Gasteiger charge is 2.19. The Bertz CT molecular complexity index is 380. The van der Waals surface area contributed by atoms with Crippen molar-refractivity contribution in [3.63, 3.8) is 0 Å². The molecule has 0 aliphatic heterocycles. The van der Waals surface area contributed by atoms with Crippen molar-refractivity contribution in [2.45, 2.75) is 19.4 Å². The second-order valence-corrected chi connectivity index (χ2v) is 3.49. The lowest BCUT2D eigenvalue weighted by Gasteiger charge is -2.23. The van der Waals surface area contributed by atoms with E-state index >= 15 is 0 Å². The van der Waals surface area contributed by atoms with E-state index in [4.69, 9.17) is 5.11 Å². The summed E-state index contributed by atoms with van der Waals surface area (Å²) in [6.45, 7) is 1.68. The van der Waals surface area contributed by atoms with Crippen LogP contribution >= 0.6 is 0 Å². The quantitative estimate of drug-likeness (QED) is 0.799. The molecule has 1 aromatic heterocycles. The molecule has 0 saturated heterocycles. The van der Waals surface area contributed by atoms with Crippen LogP contribution in [0.3, 0.4) is 0 Å². The smallest absolute Gasteiger partial charge is 0.305 e. The van der Waals surface area contributed by atoms with Gasteiger partial charge in [-0.1, -0.05) is 0 Å². The van der Waals surface area contributed by atoms with E-state index in [0.717, 1.165) is 0 Å². The van der Waals surface area contributed by atoms with E-state index in [9.17, 15) is 9.59 Å². The van der Waals surface area contributed by atoms with Crippen LogP contribution in [0.5, 0.6) is 0 Å². The Kier molecular flexibility index (Phi) is 3.93. The standard InChI is InChI=1S/C10H13N3O3/c1-7(3-9(14)15)13(2)10(16)8-4-11-6-12-5-8/h4-7H,3H2,1-2H3,(H,14,15). The number of carbonyl (C=O) groups excluding carboxylic acids is 1. The Morgan fingerprint density at radius 3 is 2.50 bits per heavy atom. The fraction of sp³-hybridized carbons (Fsp3) is 0.400. The third-order valence-corrected chi connectivity index (χ3v) is 2.26. The molecule has 16 heavy (non-hydrogen) atoms. The van der Waals surface area contributed by atoms with E-state index in [0.29, 0.717) is 5.56 Å². The minimum atomic E-state index is -0.934. The average Bonchev–Trinajstić information content (AvgIpc) is 2.27. The number of aliphatic carboxylic acids is 1. The summed E-state index contributed by atoms with van der Waals surface area (Å²) in [6, 6.07) is -0.370. The highest BCUT2D eigenvalue weighted by atomic mass is 16.4. The lowest BCUT2D eigenvalue weighted by atomic mass is 10.2. The summed E-state index contributed by atoms with van der Waals surface area (Å²) in [5, 5.41) is 8.62. The van der Waals surface area contributed by atoms with Crippen molar-refractivity contribution in [2.24, 2.45) is 0 Å². The molecule has 1 rings (SSSR count). The number of carboxylic acids is 1. The summed E-state index contributed by atoms with van der Waals surface area (Å²) in [5.41, 5.74) is 0.349. The van der Waals surface area contributed by atoms with Gasteiger partial charge in [-0.2, -0.15) is 0 Å². The van der Waals surface area contributed by atoms with Gasteiger partial charge in [0.2, 0.25) is 0 Å². The summed E-state index contributed by atoms with van der Waals surface area (Å²) in [6.07, 6.45) is 4.05. The van der Waals surface area contributed by atoms with Gasteiger partial charge in [0, 0.05) is 25.5 Å². The van der Waals surface area contributed by atoms with Gasteiger partial charge in [0.15, 0.2) is 0 Å². The third kappa shape index (κ3) is 3.01. The van der Waals surface area contributed by atoms with E-state index < -0.39 is 5.97 Å². The molecule has 1 unspecified atom stereocenters. The van der Waals surface area contributed by atoms with Crippen LogP contribution < -0.4 is 0 Å². The van der Waals surface area contributed by atoms with Crippen molar-refractivity contribution >= 4 is 11.9 Å². The summed E-state index contributed by atoms with van der Waals surface area (Å²) in [5.74, 6) is -1.22. The minimum absolute atomic E-state index is 0.0874. The van der Waals surface area contributed by atoms with Crippen molar-refractivity contribution in [3.8, 4) is 0 Å². The molecule has 1 amide bonds. The van der Waals surface area contributed by atoms with Crippen molar-refractivity contribution < 1.29 is 14.7 Å². The molecule has 0 aliphatic rings. The maximum atomic E-state index is 11.8. The van der Waals surface area contributed by atoms with Gasteiger partial charge in [0.25, 0.3) is 5.91 Å². The van der Waals surface area contributed by atoms with Gasteiger partial charge in [-0.15, -0.1) is 0 Å². The zero-order valence-corrected chi connectivity index (χ0v) is 9.12. The maximum Gasteiger partial charge on any atom is 0.305 e. The molecule has 86 valence electrons. The zero-order chi connectivity index (χ0) is 12.1. The molecule has 1 atom stereocenters. The molecule has 6 heteroatoms. The number of amides is 1. The molecule has 1 N–H and O–H groups in total. The summed E-state index contributed by atoms with van der Waals surface area (Å²) >= 11 is 0. The van der Waals surface area contributed by atoms with Crippen molar-refractivity contribution in [1.82, 2.24) is 14.9 Å². The summed E-state index contributed by atoms with van der Waals surface area (Å²) < 4.78 is 0. The number of rotatable bonds is 4. The highest BCUT2D eigenvalue weighted by Crippen LogP contribution is 2.06. The van der Waals surface area contributed by atoms with Crippen LogP contribution in [-0.4, -0.2) is 44.9 Å². The van der Waals surface area contributed by atoms with Crippen molar-refractivity contribution in [3.05, 3.63) is 24.3 Å². The van der Waals surface area contributed by atoms with Gasteiger partial charge in [-0.3, -0.25) is 9.59 Å². The van der Waals surface area contributed by atoms with Crippen molar-refractivity contribution in [1.29, 1.82) is 0 Å². The largest absolute Gasteiger partial charge is 0.481 e. The van der Waals surface area contributed by atoms with Crippen LogP contribution in [0.15, 0.2) is 18.7 Å². The molecule has 0 spiro atoms. The number of carbonyl (C=O) groups is 2. The molecule has 0 fully saturated rings. The van der Waals surface area contributed by atoms with E-state index in [2.05, 4.69) is 9.97 Å². The monoisotopic (exact) mass is 223 g/mol. The Morgan fingerprint density at radius 1 is 1.44 bits per heavy atom. The normalized spacial score (nSPS) is 11.9. The predicted molar refractivity (Wildman–Crippen MR) is 55.8 cm³/mol. The SMILES string of the molecule is CC(CC(=O)O)N(C)C(=O)c1cncnc1. The first kappa shape index (κ1) is 12.1. The van der Waals surface area contributed by atoms with Crippen molar-refractivity contribution in [2.75, 3.05) is 7.05 Å². The Balaban J connectivity index is 2.71. The molecule has 0 aliphatic carbocycles. The highest BCUT2D eigenvalue weighted by molar-refractivity contribution is 5.93. The van der Waals surface area contributed by atoms with Crippen LogP contribution in [0.4, 0.5) is 0 Å². The lowest BCUT2D eigenvalue weighted by molar-refractivity contribution is -0.137. The van der Waals surface area contributed by atoms with Gasteiger partial charge in [0.05, 0.1) is 12.0 Å². The fourth-order valence-electron chi connectivity index (χ4n) is 1.20. The van der Waals surface area contributed by atoms with E-state index in [1.807, 2.05) is 0 Å². The number of carboxylic acid groups (broad SMARTS) is 1. The topological polar surface area (TPSA) is 83.4 Å². The number of hydrogen-bond acceptors (Lipinski definition) is 4. The van der Waals surface area contributed by atoms with Gasteiger partial charge in [-0.05, 0) is 6.92 Å². The van der Waals surface area contributed by atoms with Gasteiger partial charge < -0.3 is 10.0 Å². The Labute approximate surface area is 92.9 Å². The number of nitrogens with zero attached hydrogens (tertiary/aromatic N) is 3. The zero-order valence-electron chi connectivity index (χ0n) is 9.12. The molecular weight excluding hydrogens is 210 g/mol. The number of hydrogen-bond donors (Lipinski definition) is 1. The van der Waals surface area contributed by atoms with Gasteiger partial charge >= 0.3 is 5.97 Å². The lowest BCUT2D eigenvalue weighted by Crippen LogP contribution is -2.36. The summed E-state index contributed by atoms with van der Waals surface area (Å²) in [7, 11) is 1.56. The predicted octanol–water partition coefficient (Wildman–Crippen LogP) is 0.412. The van der Waals surface area contributed by atoms with Crippen LogP contribution in [-0.2, 0) is 4.79 Å². The second-order valence-electron chi connectivity index (χ2n) is 3.49. The first-order valence-corrected chi connectivity index (χ1v) is 4.76. The molecule has 1 aromatic rings. The molecule has 0 aromatic carbocycles. The average molecular weight is 223 g/mol. The van der Waals surface area contributed by atoms with Gasteiger partial charge in [-0.25, -0.2) is 9.97 Å². The van der Waals surface area contributed by atoms with E-state index in [1.54, 1.807) is 14.0 Å². The minimum Gasteiger partial charge on any atom is -0.481 e. The van der Waals surface area contributed by atoms with Gasteiger partial charge in [0.1, 0.15) is 6.33 Å². The molecule has 0 bridgehead atoms. The van der Waals surface area contributed by atoms with Crippen LogP contribution in [0.25, 0.3) is 0 Å². The van der Waals surface area contributed by atoms with E-state index in [1.165, 1.54) is 23.6 Å². The summed E-state index contributed by atoms with van der Waals surface area (Å²) in [4.78, 5) is 31.2. The molecule has 1 heterocycles. The molecule has 6 nitrogen and oxygen atoms in total. The van der Waals surface area contributed by atoms with Crippen LogP contribution in [0.1, 0.15) is 23.7 Å². The first-order valence-electron chi connectivity index (χ1n) is 4.76. The Morgan fingerprint density at radius 2 is 2.00 bits per heavy atom. The van der Waals surface area contributed by atoms with E-state index in [-0.39, 0.29) is 18.4 Å². The molecular formula is C10H13N3O3. The van der Waals surface area contributed by atoms with Crippen LogP contribution in [0, 0.1) is 0 Å². The molecule has 0 radical (unpaired) electrons. The van der Waals surface area contributed by atoms with Crippen LogP contribution in [0.2, 0.25) is 0 Å². The fourth-order valence-corrected chi connectivity index (χ4v) is 1.20. The molecule has 0 saturated carbocycles.